The monoisotopic (exact) mass is 308 g/mol. The molecule has 1 rings (SSSR count). The average Bonchev–Trinajstić information content (AvgIpc) is 2.51. The van der Waals surface area contributed by atoms with E-state index in [1.54, 1.807) is 13.2 Å². The zero-order valence-corrected chi connectivity index (χ0v) is 14.3. The van der Waals surface area contributed by atoms with E-state index in [1.807, 2.05) is 12.1 Å². The first-order valence-corrected chi connectivity index (χ1v) is 8.63. The van der Waals surface area contributed by atoms with Gasteiger partial charge < -0.3 is 14.9 Å². The maximum absolute atomic E-state index is 10.2. The third-order valence-electron chi connectivity index (χ3n) is 4.29. The first kappa shape index (κ1) is 18.8. The van der Waals surface area contributed by atoms with Gasteiger partial charge in [0.15, 0.2) is 11.5 Å². The zero-order chi connectivity index (χ0) is 16.4. The predicted octanol–water partition coefficient (Wildman–Crippen LogP) is 5.01. The highest BCUT2D eigenvalue weighted by atomic mass is 16.5. The van der Waals surface area contributed by atoms with Crippen molar-refractivity contribution in [3.8, 4) is 11.5 Å². The van der Waals surface area contributed by atoms with E-state index >= 15 is 0 Å². The molecule has 0 bridgehead atoms. The van der Waals surface area contributed by atoms with Gasteiger partial charge in [-0.05, 0) is 36.5 Å². The molecule has 1 aromatic carbocycles. The third-order valence-corrected chi connectivity index (χ3v) is 4.29. The van der Waals surface area contributed by atoms with Crippen molar-refractivity contribution in [2.75, 3.05) is 7.11 Å². The van der Waals surface area contributed by atoms with Gasteiger partial charge in [-0.15, -0.1) is 0 Å². The van der Waals surface area contributed by atoms with Gasteiger partial charge in [-0.2, -0.15) is 0 Å². The summed E-state index contributed by atoms with van der Waals surface area (Å²) >= 11 is 0. The molecule has 3 heteroatoms. The maximum atomic E-state index is 10.2. The molecule has 0 saturated heterocycles. The second kappa shape index (κ2) is 10.5. The number of aliphatic hydroxyl groups excluding tert-OH is 1. The Balaban J connectivity index is 2.33. The van der Waals surface area contributed by atoms with E-state index in [9.17, 15) is 10.2 Å². The minimum absolute atomic E-state index is 0.158. The number of benzene rings is 1. The number of hydrogen-bond acceptors (Lipinski definition) is 3. The molecule has 0 heterocycles. The molecule has 0 spiro atoms. The lowest BCUT2D eigenvalue weighted by Gasteiger charge is -2.18. The average molecular weight is 308 g/mol. The Hall–Kier alpha value is -1.22. The zero-order valence-electron chi connectivity index (χ0n) is 14.3. The van der Waals surface area contributed by atoms with E-state index in [1.165, 1.54) is 32.1 Å². The van der Waals surface area contributed by atoms with Crippen molar-refractivity contribution in [1.29, 1.82) is 0 Å². The smallest absolute Gasteiger partial charge is 0.160 e. The van der Waals surface area contributed by atoms with Gasteiger partial charge in [-0.1, -0.05) is 58.4 Å². The second-order valence-electron chi connectivity index (χ2n) is 6.28. The Morgan fingerprint density at radius 1 is 1.09 bits per heavy atom. The number of hydrogen-bond donors (Lipinski definition) is 2. The van der Waals surface area contributed by atoms with Gasteiger partial charge in [0.25, 0.3) is 0 Å². The molecule has 0 aromatic heterocycles. The molecule has 0 aliphatic carbocycles. The van der Waals surface area contributed by atoms with Gasteiger partial charge in [0.05, 0.1) is 13.2 Å². The molecule has 2 atom stereocenters. The van der Waals surface area contributed by atoms with Gasteiger partial charge in [0.1, 0.15) is 0 Å². The van der Waals surface area contributed by atoms with Crippen molar-refractivity contribution in [3.63, 3.8) is 0 Å². The summed E-state index contributed by atoms with van der Waals surface area (Å²) in [6.07, 6.45) is 8.91. The van der Waals surface area contributed by atoms with E-state index in [4.69, 9.17) is 4.74 Å². The Morgan fingerprint density at radius 3 is 2.45 bits per heavy atom. The number of unbranched alkanes of at least 4 members (excludes halogenated alkanes) is 5. The summed E-state index contributed by atoms with van der Waals surface area (Å²) in [7, 11) is 1.55. The largest absolute Gasteiger partial charge is 0.504 e. The fourth-order valence-corrected chi connectivity index (χ4v) is 2.82. The third kappa shape index (κ3) is 6.69. The van der Waals surface area contributed by atoms with E-state index in [2.05, 4.69) is 13.8 Å². The lowest BCUT2D eigenvalue weighted by Crippen LogP contribution is -2.10. The summed E-state index contributed by atoms with van der Waals surface area (Å²) in [5.74, 6) is 0.908. The summed E-state index contributed by atoms with van der Waals surface area (Å²) in [6.45, 7) is 4.33. The van der Waals surface area contributed by atoms with Crippen molar-refractivity contribution in [3.05, 3.63) is 23.8 Å². The summed E-state index contributed by atoms with van der Waals surface area (Å²) in [4.78, 5) is 0. The molecule has 2 unspecified atom stereocenters. The van der Waals surface area contributed by atoms with Crippen LogP contribution in [-0.2, 0) is 0 Å². The lowest BCUT2D eigenvalue weighted by atomic mass is 9.92. The number of phenolic OH excluding ortho intramolecular Hbond substituents is 1. The molecule has 126 valence electrons. The Labute approximate surface area is 135 Å². The van der Waals surface area contributed by atoms with Crippen LogP contribution in [0.5, 0.6) is 11.5 Å². The molecule has 1 aromatic rings. The fraction of sp³-hybridized carbons (Fsp3) is 0.684. The van der Waals surface area contributed by atoms with Crippen molar-refractivity contribution in [1.82, 2.24) is 0 Å². The number of phenols is 1. The number of aliphatic hydroxyl groups is 1. The van der Waals surface area contributed by atoms with Crippen LogP contribution in [0.15, 0.2) is 18.2 Å². The highest BCUT2D eigenvalue weighted by Gasteiger charge is 2.14. The quantitative estimate of drug-likeness (QED) is 0.565. The van der Waals surface area contributed by atoms with Gasteiger partial charge in [0, 0.05) is 0 Å². The summed E-state index contributed by atoms with van der Waals surface area (Å²) in [6, 6.07) is 5.42. The van der Waals surface area contributed by atoms with Crippen molar-refractivity contribution < 1.29 is 14.9 Å². The number of methoxy groups -OCH3 is 1. The van der Waals surface area contributed by atoms with Gasteiger partial charge in [0.2, 0.25) is 0 Å². The highest BCUT2D eigenvalue weighted by Crippen LogP contribution is 2.31. The second-order valence-corrected chi connectivity index (χ2v) is 6.28. The minimum Gasteiger partial charge on any atom is -0.504 e. The SMILES string of the molecule is CCCCCCCCC(O)CC(C)c1ccc(O)c(OC)c1. The van der Waals surface area contributed by atoms with Crippen LogP contribution in [0.3, 0.4) is 0 Å². The summed E-state index contributed by atoms with van der Waals surface area (Å²) in [5, 5.41) is 19.8. The van der Waals surface area contributed by atoms with E-state index in [0.29, 0.717) is 5.75 Å². The Kier molecular flexibility index (Phi) is 8.98. The van der Waals surface area contributed by atoms with Crippen LogP contribution in [0.4, 0.5) is 0 Å². The van der Waals surface area contributed by atoms with E-state index < -0.39 is 0 Å². The molecule has 0 saturated carbocycles. The molecule has 0 fully saturated rings. The number of aromatic hydroxyl groups is 1. The first-order valence-electron chi connectivity index (χ1n) is 8.63. The van der Waals surface area contributed by atoms with Gasteiger partial charge in [-0.3, -0.25) is 0 Å². The van der Waals surface area contributed by atoms with Crippen molar-refractivity contribution >= 4 is 0 Å². The summed E-state index contributed by atoms with van der Waals surface area (Å²) in [5.41, 5.74) is 1.09. The predicted molar refractivity (Wildman–Crippen MR) is 91.7 cm³/mol. The van der Waals surface area contributed by atoms with Crippen LogP contribution in [0, 0.1) is 0 Å². The van der Waals surface area contributed by atoms with Crippen LogP contribution < -0.4 is 4.74 Å². The van der Waals surface area contributed by atoms with Crippen LogP contribution in [0.25, 0.3) is 0 Å². The molecule has 22 heavy (non-hydrogen) atoms. The normalized spacial score (nSPS) is 13.8. The minimum atomic E-state index is -0.249. The van der Waals surface area contributed by atoms with Crippen molar-refractivity contribution in [2.45, 2.75) is 77.2 Å². The molecular formula is C19H32O3. The number of rotatable bonds is 11. The van der Waals surface area contributed by atoms with Crippen LogP contribution in [0.2, 0.25) is 0 Å². The topological polar surface area (TPSA) is 49.7 Å². The number of ether oxygens (including phenoxy) is 1. The molecule has 0 aliphatic rings. The molecular weight excluding hydrogens is 276 g/mol. The molecule has 0 radical (unpaired) electrons. The highest BCUT2D eigenvalue weighted by molar-refractivity contribution is 5.42. The molecule has 2 N–H and O–H groups in total. The maximum Gasteiger partial charge on any atom is 0.160 e. The molecule has 0 aliphatic heterocycles. The van der Waals surface area contributed by atoms with E-state index in [-0.39, 0.29) is 17.8 Å². The van der Waals surface area contributed by atoms with E-state index in [0.717, 1.165) is 24.8 Å². The summed E-state index contributed by atoms with van der Waals surface area (Å²) < 4.78 is 5.14. The van der Waals surface area contributed by atoms with Crippen LogP contribution in [-0.4, -0.2) is 23.4 Å². The van der Waals surface area contributed by atoms with Gasteiger partial charge >= 0.3 is 0 Å². The fourth-order valence-electron chi connectivity index (χ4n) is 2.82. The Morgan fingerprint density at radius 2 is 1.77 bits per heavy atom. The molecule has 3 nitrogen and oxygen atoms in total. The van der Waals surface area contributed by atoms with Crippen LogP contribution in [0.1, 0.15) is 76.7 Å². The first-order chi connectivity index (χ1) is 10.6. The van der Waals surface area contributed by atoms with Gasteiger partial charge in [-0.25, -0.2) is 0 Å². The Bertz CT molecular complexity index is 417. The van der Waals surface area contributed by atoms with Crippen LogP contribution >= 0.6 is 0 Å². The molecule has 0 amide bonds. The lowest BCUT2D eigenvalue weighted by molar-refractivity contribution is 0.143. The standard InChI is InChI=1S/C19H32O3/c1-4-5-6-7-8-9-10-17(20)13-15(2)16-11-12-18(21)19(14-16)22-3/h11-12,14-15,17,20-21H,4-10,13H2,1-3H3. The van der Waals surface area contributed by atoms with Crippen molar-refractivity contribution in [2.24, 2.45) is 0 Å².